The molecule has 0 atom stereocenters. The predicted octanol–water partition coefficient (Wildman–Crippen LogP) is 5.57. The van der Waals surface area contributed by atoms with Crippen LogP contribution >= 0.6 is 22.9 Å². The fourth-order valence-corrected chi connectivity index (χ4v) is 3.98. The molecule has 0 unspecified atom stereocenters. The van der Waals surface area contributed by atoms with E-state index in [1.54, 1.807) is 11.3 Å². The maximum Gasteiger partial charge on any atom is 0.0786 e. The summed E-state index contributed by atoms with van der Waals surface area (Å²) in [6, 6.07) is 12.7. The molecule has 1 heterocycles. The van der Waals surface area contributed by atoms with E-state index in [0.29, 0.717) is 0 Å². The Bertz CT molecular complexity index is 632. The van der Waals surface area contributed by atoms with Crippen molar-refractivity contribution in [2.75, 3.05) is 0 Å². The lowest BCUT2D eigenvalue weighted by Gasteiger charge is -2.23. The molecule has 1 aliphatic carbocycles. The smallest absolute Gasteiger partial charge is 0.0786 e. The third-order valence-corrected chi connectivity index (χ3v) is 5.54. The van der Waals surface area contributed by atoms with Gasteiger partial charge in [0.2, 0.25) is 0 Å². The molecule has 102 valence electrons. The second-order valence-corrected chi connectivity index (χ2v) is 7.08. The molecular formula is C18H17ClS. The monoisotopic (exact) mass is 300 g/mol. The fraction of sp³-hybridized carbons (Fsp3) is 0.333. The Kier molecular flexibility index (Phi) is 3.87. The van der Waals surface area contributed by atoms with Crippen LogP contribution in [0.2, 0.25) is 5.02 Å². The summed E-state index contributed by atoms with van der Waals surface area (Å²) < 4.78 is 0. The van der Waals surface area contributed by atoms with Crippen molar-refractivity contribution in [3.63, 3.8) is 0 Å². The van der Waals surface area contributed by atoms with Crippen LogP contribution in [0.25, 0.3) is 0 Å². The molecule has 1 aliphatic rings. The molecule has 1 fully saturated rings. The summed E-state index contributed by atoms with van der Waals surface area (Å²) in [7, 11) is 0. The minimum Gasteiger partial charge on any atom is -0.130 e. The Labute approximate surface area is 129 Å². The van der Waals surface area contributed by atoms with E-state index >= 15 is 0 Å². The van der Waals surface area contributed by atoms with Gasteiger partial charge in [0.15, 0.2) is 0 Å². The highest BCUT2D eigenvalue weighted by Gasteiger charge is 2.33. The van der Waals surface area contributed by atoms with Crippen LogP contribution < -0.4 is 0 Å². The van der Waals surface area contributed by atoms with Gasteiger partial charge in [0.25, 0.3) is 0 Å². The Balaban J connectivity index is 1.97. The van der Waals surface area contributed by atoms with Crippen LogP contribution in [0.4, 0.5) is 0 Å². The van der Waals surface area contributed by atoms with E-state index in [9.17, 15) is 0 Å². The molecule has 3 rings (SSSR count). The summed E-state index contributed by atoms with van der Waals surface area (Å²) in [5, 5.41) is 0.833. The van der Waals surface area contributed by atoms with Gasteiger partial charge < -0.3 is 0 Å². The first-order valence-electron chi connectivity index (χ1n) is 7.04. The van der Waals surface area contributed by atoms with E-state index in [2.05, 4.69) is 42.2 Å². The van der Waals surface area contributed by atoms with E-state index < -0.39 is 0 Å². The quantitative estimate of drug-likeness (QED) is 0.604. The lowest BCUT2D eigenvalue weighted by atomic mass is 9.79. The molecular weight excluding hydrogens is 284 g/mol. The van der Waals surface area contributed by atoms with Crippen molar-refractivity contribution in [3.05, 3.63) is 56.7 Å². The summed E-state index contributed by atoms with van der Waals surface area (Å²) in [6.45, 7) is 2.04. The van der Waals surface area contributed by atoms with E-state index in [-0.39, 0.29) is 5.41 Å². The van der Waals surface area contributed by atoms with E-state index in [1.807, 2.05) is 13.0 Å². The van der Waals surface area contributed by atoms with Gasteiger partial charge >= 0.3 is 0 Å². The molecule has 0 aliphatic heterocycles. The zero-order valence-corrected chi connectivity index (χ0v) is 13.2. The first kappa shape index (κ1) is 13.7. The number of rotatable bonds is 1. The van der Waals surface area contributed by atoms with Crippen molar-refractivity contribution in [2.45, 2.75) is 38.0 Å². The number of aryl methyl sites for hydroxylation is 1. The van der Waals surface area contributed by atoms with Gasteiger partial charge in [-0.15, -0.1) is 11.3 Å². The first-order chi connectivity index (χ1) is 9.70. The Hall–Kier alpha value is -1.23. The average molecular weight is 301 g/mol. The Morgan fingerprint density at radius 2 is 1.85 bits per heavy atom. The average Bonchev–Trinajstić information content (AvgIpc) is 3.06. The molecule has 0 amide bonds. The largest absolute Gasteiger partial charge is 0.130 e. The summed E-state index contributed by atoms with van der Waals surface area (Å²) >= 11 is 7.81. The normalized spacial score (nSPS) is 16.7. The van der Waals surface area contributed by atoms with Crippen molar-refractivity contribution in [2.24, 2.45) is 0 Å². The van der Waals surface area contributed by atoms with E-state index in [4.69, 9.17) is 11.6 Å². The molecule has 0 nitrogen and oxygen atoms in total. The molecule has 0 saturated heterocycles. The first-order valence-corrected chi connectivity index (χ1v) is 8.24. The van der Waals surface area contributed by atoms with Crippen LogP contribution in [0.5, 0.6) is 0 Å². The Morgan fingerprint density at radius 3 is 2.45 bits per heavy atom. The summed E-state index contributed by atoms with van der Waals surface area (Å²) in [6.07, 6.45) is 4.88. The van der Waals surface area contributed by atoms with Crippen LogP contribution in [0, 0.1) is 18.8 Å². The van der Waals surface area contributed by atoms with Gasteiger partial charge in [-0.3, -0.25) is 0 Å². The van der Waals surface area contributed by atoms with E-state index in [1.165, 1.54) is 31.2 Å². The van der Waals surface area contributed by atoms with Crippen molar-refractivity contribution < 1.29 is 0 Å². The van der Waals surface area contributed by atoms with Gasteiger partial charge in [-0.2, -0.15) is 0 Å². The highest BCUT2D eigenvalue weighted by molar-refractivity contribution is 7.13. The van der Waals surface area contributed by atoms with Crippen LogP contribution in [0.1, 0.15) is 41.0 Å². The SMILES string of the molecule is Cc1sc(C#CC2(c3ccccc3)CCCC2)cc1Cl. The molecule has 1 aromatic carbocycles. The lowest BCUT2D eigenvalue weighted by molar-refractivity contribution is 0.581. The summed E-state index contributed by atoms with van der Waals surface area (Å²) in [5.74, 6) is 6.94. The molecule has 1 aromatic heterocycles. The minimum atomic E-state index is 0.0473. The van der Waals surface area contributed by atoms with Crippen LogP contribution in [-0.2, 0) is 5.41 Å². The minimum absolute atomic E-state index is 0.0473. The third-order valence-electron chi connectivity index (χ3n) is 4.07. The fourth-order valence-electron chi connectivity index (χ4n) is 2.92. The van der Waals surface area contributed by atoms with Gasteiger partial charge in [0, 0.05) is 4.88 Å². The van der Waals surface area contributed by atoms with Crippen molar-refractivity contribution in [3.8, 4) is 11.8 Å². The van der Waals surface area contributed by atoms with Crippen LogP contribution in [0.15, 0.2) is 36.4 Å². The van der Waals surface area contributed by atoms with Crippen molar-refractivity contribution in [1.82, 2.24) is 0 Å². The topological polar surface area (TPSA) is 0 Å². The maximum absolute atomic E-state index is 6.12. The zero-order valence-electron chi connectivity index (χ0n) is 11.6. The number of thiophene rings is 1. The second kappa shape index (κ2) is 5.64. The standard InChI is InChI=1S/C18H17ClS/c1-14-17(19)13-16(20-14)9-12-18(10-5-6-11-18)15-7-3-2-4-8-15/h2-4,7-8,13H,5-6,10-11H2,1H3. The number of hydrogen-bond donors (Lipinski definition) is 0. The molecule has 0 radical (unpaired) electrons. The summed E-state index contributed by atoms with van der Waals surface area (Å²) in [5.41, 5.74) is 1.41. The molecule has 0 spiro atoms. The molecule has 1 saturated carbocycles. The number of hydrogen-bond acceptors (Lipinski definition) is 1. The highest BCUT2D eigenvalue weighted by Crippen LogP contribution is 2.40. The third kappa shape index (κ3) is 2.64. The van der Waals surface area contributed by atoms with Crippen molar-refractivity contribution in [1.29, 1.82) is 0 Å². The van der Waals surface area contributed by atoms with Gasteiger partial charge in [-0.05, 0) is 31.4 Å². The maximum atomic E-state index is 6.12. The highest BCUT2D eigenvalue weighted by atomic mass is 35.5. The Morgan fingerprint density at radius 1 is 1.15 bits per heavy atom. The lowest BCUT2D eigenvalue weighted by Crippen LogP contribution is -2.19. The number of halogens is 1. The van der Waals surface area contributed by atoms with Crippen LogP contribution in [-0.4, -0.2) is 0 Å². The molecule has 0 bridgehead atoms. The molecule has 2 aromatic rings. The van der Waals surface area contributed by atoms with Gasteiger partial charge in [-0.1, -0.05) is 66.6 Å². The molecule has 20 heavy (non-hydrogen) atoms. The van der Waals surface area contributed by atoms with Gasteiger partial charge in [0.05, 0.1) is 15.3 Å². The summed E-state index contributed by atoms with van der Waals surface area (Å²) in [4.78, 5) is 2.23. The molecule has 0 N–H and O–H groups in total. The van der Waals surface area contributed by atoms with Gasteiger partial charge in [-0.25, -0.2) is 0 Å². The second-order valence-electron chi connectivity index (χ2n) is 5.42. The van der Waals surface area contributed by atoms with Crippen molar-refractivity contribution >= 4 is 22.9 Å². The molecule has 2 heteroatoms. The van der Waals surface area contributed by atoms with E-state index in [0.717, 1.165) is 14.8 Å². The van der Waals surface area contributed by atoms with Gasteiger partial charge in [0.1, 0.15) is 0 Å². The van der Waals surface area contributed by atoms with Crippen LogP contribution in [0.3, 0.4) is 0 Å². The zero-order chi connectivity index (χ0) is 14.0. The number of benzene rings is 1. The predicted molar refractivity (Wildman–Crippen MR) is 87.5 cm³/mol.